The Morgan fingerprint density at radius 1 is 1.44 bits per heavy atom. The minimum absolute atomic E-state index is 0.334. The number of nitrogens with one attached hydrogen (secondary N) is 1. The van der Waals surface area contributed by atoms with Gasteiger partial charge in [0.05, 0.1) is 35.6 Å². The fourth-order valence-electron chi connectivity index (χ4n) is 1.99. The summed E-state index contributed by atoms with van der Waals surface area (Å²) in [4.78, 5) is 0. The van der Waals surface area contributed by atoms with E-state index in [2.05, 4.69) is 40.2 Å². The van der Waals surface area contributed by atoms with Crippen LogP contribution in [0.1, 0.15) is 38.4 Å². The predicted molar refractivity (Wildman–Crippen MR) is 77.7 cm³/mol. The standard InChI is InChI=1S/C13H24BrN3O/c1-10(2)5-6-12(15-3)13-11(14)9-16-17(13)7-8-18-4/h9-10,12,15H,5-8H2,1-4H3. The molecule has 1 unspecified atom stereocenters. The summed E-state index contributed by atoms with van der Waals surface area (Å²) in [6.45, 7) is 5.98. The minimum atomic E-state index is 0.334. The summed E-state index contributed by atoms with van der Waals surface area (Å²) < 4.78 is 8.22. The van der Waals surface area contributed by atoms with Crippen LogP contribution >= 0.6 is 15.9 Å². The Hall–Kier alpha value is -0.390. The van der Waals surface area contributed by atoms with Gasteiger partial charge < -0.3 is 10.1 Å². The quantitative estimate of drug-likeness (QED) is 0.801. The van der Waals surface area contributed by atoms with Gasteiger partial charge in [0.1, 0.15) is 0 Å². The molecule has 1 heterocycles. The third-order valence-electron chi connectivity index (χ3n) is 3.05. The van der Waals surface area contributed by atoms with Crippen molar-refractivity contribution in [3.63, 3.8) is 0 Å². The number of ether oxygens (including phenoxy) is 1. The highest BCUT2D eigenvalue weighted by Crippen LogP contribution is 2.27. The molecule has 0 saturated heterocycles. The number of halogens is 1. The van der Waals surface area contributed by atoms with Crippen molar-refractivity contribution in [2.24, 2.45) is 5.92 Å². The maximum Gasteiger partial charge on any atom is 0.0696 e. The van der Waals surface area contributed by atoms with Gasteiger partial charge in [0.25, 0.3) is 0 Å². The molecule has 5 heteroatoms. The normalized spacial score (nSPS) is 13.2. The van der Waals surface area contributed by atoms with Crippen LogP contribution in [0.3, 0.4) is 0 Å². The van der Waals surface area contributed by atoms with E-state index >= 15 is 0 Å². The molecule has 0 aliphatic heterocycles. The van der Waals surface area contributed by atoms with E-state index in [9.17, 15) is 0 Å². The van der Waals surface area contributed by atoms with Crippen LogP contribution in [-0.4, -0.2) is 30.5 Å². The molecule has 1 N–H and O–H groups in total. The summed E-state index contributed by atoms with van der Waals surface area (Å²) in [6.07, 6.45) is 4.18. The summed E-state index contributed by atoms with van der Waals surface area (Å²) in [5.74, 6) is 0.718. The van der Waals surface area contributed by atoms with E-state index in [0.29, 0.717) is 12.6 Å². The van der Waals surface area contributed by atoms with Crippen molar-refractivity contribution >= 4 is 15.9 Å². The SMILES string of the molecule is CNC(CCC(C)C)c1c(Br)cnn1CCOC. The fraction of sp³-hybridized carbons (Fsp3) is 0.769. The van der Waals surface area contributed by atoms with Gasteiger partial charge in [-0.1, -0.05) is 13.8 Å². The molecular weight excluding hydrogens is 294 g/mol. The van der Waals surface area contributed by atoms with Gasteiger partial charge in [-0.2, -0.15) is 5.10 Å². The maximum atomic E-state index is 5.13. The van der Waals surface area contributed by atoms with E-state index in [-0.39, 0.29) is 0 Å². The molecule has 0 radical (unpaired) electrons. The van der Waals surface area contributed by atoms with Crippen LogP contribution in [0, 0.1) is 5.92 Å². The van der Waals surface area contributed by atoms with Crippen LogP contribution in [0.2, 0.25) is 0 Å². The van der Waals surface area contributed by atoms with Gasteiger partial charge in [0.2, 0.25) is 0 Å². The molecule has 0 fully saturated rings. The Morgan fingerprint density at radius 2 is 2.17 bits per heavy atom. The van der Waals surface area contributed by atoms with Crippen molar-refractivity contribution in [1.29, 1.82) is 0 Å². The van der Waals surface area contributed by atoms with Gasteiger partial charge >= 0.3 is 0 Å². The summed E-state index contributed by atoms with van der Waals surface area (Å²) in [6, 6.07) is 0.334. The highest BCUT2D eigenvalue weighted by atomic mass is 79.9. The van der Waals surface area contributed by atoms with Crippen LogP contribution in [0.4, 0.5) is 0 Å². The van der Waals surface area contributed by atoms with Gasteiger partial charge in [-0.15, -0.1) is 0 Å². The van der Waals surface area contributed by atoms with E-state index in [1.54, 1.807) is 7.11 Å². The molecule has 1 aromatic rings. The maximum absolute atomic E-state index is 5.13. The second-order valence-corrected chi connectivity index (χ2v) is 5.76. The topological polar surface area (TPSA) is 39.1 Å². The number of rotatable bonds is 8. The van der Waals surface area contributed by atoms with Gasteiger partial charge in [-0.05, 0) is 41.7 Å². The van der Waals surface area contributed by atoms with Crippen LogP contribution in [-0.2, 0) is 11.3 Å². The average Bonchev–Trinajstić information content (AvgIpc) is 2.69. The third kappa shape index (κ3) is 4.37. The zero-order valence-corrected chi connectivity index (χ0v) is 13.3. The van der Waals surface area contributed by atoms with Crippen LogP contribution in [0.25, 0.3) is 0 Å². The lowest BCUT2D eigenvalue weighted by atomic mass is 10.0. The van der Waals surface area contributed by atoms with Crippen molar-refractivity contribution in [2.75, 3.05) is 20.8 Å². The van der Waals surface area contributed by atoms with Crippen molar-refractivity contribution in [3.8, 4) is 0 Å². The highest BCUT2D eigenvalue weighted by molar-refractivity contribution is 9.10. The molecule has 0 bridgehead atoms. The van der Waals surface area contributed by atoms with Gasteiger partial charge in [-0.3, -0.25) is 4.68 Å². The van der Waals surface area contributed by atoms with Crippen LogP contribution < -0.4 is 5.32 Å². The number of hydrogen-bond acceptors (Lipinski definition) is 3. The van der Waals surface area contributed by atoms with Crippen molar-refractivity contribution in [2.45, 2.75) is 39.3 Å². The zero-order valence-electron chi connectivity index (χ0n) is 11.7. The number of aromatic nitrogens is 2. The molecule has 104 valence electrons. The van der Waals surface area contributed by atoms with E-state index in [1.807, 2.05) is 17.9 Å². The number of nitrogens with zero attached hydrogens (tertiary/aromatic N) is 2. The van der Waals surface area contributed by atoms with E-state index in [4.69, 9.17) is 4.74 Å². The molecule has 0 spiro atoms. The molecule has 0 saturated carbocycles. The Kier molecular flexibility index (Phi) is 6.89. The Balaban J connectivity index is 2.79. The highest BCUT2D eigenvalue weighted by Gasteiger charge is 2.18. The average molecular weight is 318 g/mol. The Labute approximate surface area is 118 Å². The van der Waals surface area contributed by atoms with Gasteiger partial charge in [0, 0.05) is 7.11 Å². The second-order valence-electron chi connectivity index (χ2n) is 4.91. The molecule has 18 heavy (non-hydrogen) atoms. The van der Waals surface area contributed by atoms with Crippen LogP contribution in [0.15, 0.2) is 10.7 Å². The first-order chi connectivity index (χ1) is 8.60. The molecule has 0 aromatic carbocycles. The van der Waals surface area contributed by atoms with Gasteiger partial charge in [0.15, 0.2) is 0 Å². The molecule has 0 amide bonds. The number of hydrogen-bond donors (Lipinski definition) is 1. The van der Waals surface area contributed by atoms with Crippen molar-refractivity contribution in [1.82, 2.24) is 15.1 Å². The molecule has 4 nitrogen and oxygen atoms in total. The first-order valence-electron chi connectivity index (χ1n) is 6.47. The molecule has 1 aromatic heterocycles. The van der Waals surface area contributed by atoms with E-state index < -0.39 is 0 Å². The van der Waals surface area contributed by atoms with Crippen LogP contribution in [0.5, 0.6) is 0 Å². The number of methoxy groups -OCH3 is 1. The fourth-order valence-corrected chi connectivity index (χ4v) is 2.56. The lowest BCUT2D eigenvalue weighted by Crippen LogP contribution is -2.22. The predicted octanol–water partition coefficient (Wildman–Crippen LogP) is 2.99. The minimum Gasteiger partial charge on any atom is -0.383 e. The molecule has 0 aliphatic rings. The molecular formula is C13H24BrN3O. The molecule has 1 rings (SSSR count). The smallest absolute Gasteiger partial charge is 0.0696 e. The summed E-state index contributed by atoms with van der Waals surface area (Å²) in [5, 5.41) is 7.78. The van der Waals surface area contributed by atoms with E-state index in [0.717, 1.165) is 23.4 Å². The first-order valence-corrected chi connectivity index (χ1v) is 7.26. The summed E-state index contributed by atoms with van der Waals surface area (Å²) >= 11 is 3.59. The zero-order chi connectivity index (χ0) is 13.5. The monoisotopic (exact) mass is 317 g/mol. The summed E-state index contributed by atoms with van der Waals surface area (Å²) in [7, 11) is 3.72. The Morgan fingerprint density at radius 3 is 2.72 bits per heavy atom. The van der Waals surface area contributed by atoms with E-state index in [1.165, 1.54) is 12.1 Å². The third-order valence-corrected chi connectivity index (χ3v) is 3.66. The lowest BCUT2D eigenvalue weighted by molar-refractivity contribution is 0.181. The molecule has 1 atom stereocenters. The van der Waals surface area contributed by atoms with Crippen molar-refractivity contribution in [3.05, 3.63) is 16.4 Å². The largest absolute Gasteiger partial charge is 0.383 e. The lowest BCUT2D eigenvalue weighted by Gasteiger charge is -2.19. The second kappa shape index (κ2) is 7.92. The molecule has 0 aliphatic carbocycles. The Bertz CT molecular complexity index is 352. The first kappa shape index (κ1) is 15.7. The van der Waals surface area contributed by atoms with Crippen molar-refractivity contribution < 1.29 is 4.74 Å². The summed E-state index contributed by atoms with van der Waals surface area (Å²) in [5.41, 5.74) is 1.22. The van der Waals surface area contributed by atoms with Gasteiger partial charge in [-0.25, -0.2) is 0 Å².